The first-order valence-corrected chi connectivity index (χ1v) is 17.1. The summed E-state index contributed by atoms with van der Waals surface area (Å²) in [6.45, 7) is 12.1. The molecule has 0 saturated heterocycles. The van der Waals surface area contributed by atoms with Crippen molar-refractivity contribution in [2.24, 2.45) is 10.8 Å². The fraction of sp³-hybridized carbons (Fsp3) is 0.333. The number of aliphatic hydroxyl groups excluding tert-OH is 1. The maximum atomic E-state index is 12.2. The molecule has 3 nitrogen and oxygen atoms in total. The average molecular weight is 820 g/mol. The van der Waals surface area contributed by atoms with Crippen LogP contribution in [0.3, 0.4) is 0 Å². The Hall–Kier alpha value is -2.33. The van der Waals surface area contributed by atoms with Crippen LogP contribution in [0, 0.1) is 16.9 Å². The van der Waals surface area contributed by atoms with E-state index in [-0.39, 0.29) is 42.5 Å². The van der Waals surface area contributed by atoms with Crippen LogP contribution in [0.2, 0.25) is 0 Å². The molecule has 0 saturated carbocycles. The van der Waals surface area contributed by atoms with Crippen LogP contribution < -0.4 is 0 Å². The van der Waals surface area contributed by atoms with E-state index in [1.165, 1.54) is 45.5 Å². The number of carbonyl (C=O) groups is 1. The number of allylic oxidation sites excluding steroid dienone is 2. The van der Waals surface area contributed by atoms with Crippen molar-refractivity contribution in [2.45, 2.75) is 67.2 Å². The Morgan fingerprint density at radius 1 is 0.929 bits per heavy atom. The van der Waals surface area contributed by atoms with E-state index in [4.69, 9.17) is 4.98 Å². The molecule has 0 fully saturated rings. The third kappa shape index (κ3) is 5.77. The number of nitrogens with zero attached hydrogens (tertiary/aromatic N) is 1. The summed E-state index contributed by atoms with van der Waals surface area (Å²) in [5, 5.41) is 16.6. The predicted octanol–water partition coefficient (Wildman–Crippen LogP) is 10.4. The monoisotopic (exact) mass is 821 g/mol. The molecule has 3 heterocycles. The molecule has 6 aromatic rings. The minimum atomic E-state index is -0.337. The molecule has 0 aliphatic carbocycles. The van der Waals surface area contributed by atoms with E-state index >= 15 is 0 Å². The van der Waals surface area contributed by atoms with Gasteiger partial charge in [0.2, 0.25) is 0 Å². The molecule has 0 spiro atoms. The summed E-state index contributed by atoms with van der Waals surface area (Å²) in [4.78, 5) is 17.0. The van der Waals surface area contributed by atoms with Crippen molar-refractivity contribution in [1.29, 1.82) is 0 Å². The quantitative estimate of drug-likeness (QED) is 0.0756. The van der Waals surface area contributed by atoms with Crippen molar-refractivity contribution in [3.05, 3.63) is 78.7 Å². The van der Waals surface area contributed by atoms with Gasteiger partial charge in [0.15, 0.2) is 5.78 Å². The second-order valence-electron chi connectivity index (χ2n) is 11.4. The maximum absolute atomic E-state index is 12.2. The van der Waals surface area contributed by atoms with Gasteiger partial charge in [0, 0.05) is 37.0 Å². The van der Waals surface area contributed by atoms with Gasteiger partial charge < -0.3 is 5.11 Å². The Labute approximate surface area is 272 Å². The summed E-state index contributed by atoms with van der Waals surface area (Å²) in [5.74, 6) is 0.286. The van der Waals surface area contributed by atoms with Gasteiger partial charge in [-0.15, -0.1) is 0 Å². The normalized spacial score (nSPS) is 12.6. The Kier molecular flexibility index (Phi) is 10.2. The fourth-order valence-electron chi connectivity index (χ4n) is 5.26. The molecule has 1 radical (unpaired) electrons. The molecule has 0 aliphatic rings. The number of hydrogen-bond acceptors (Lipinski definition) is 4. The van der Waals surface area contributed by atoms with Crippen LogP contribution in [0.25, 0.3) is 50.4 Å². The second kappa shape index (κ2) is 13.1. The summed E-state index contributed by atoms with van der Waals surface area (Å²) in [6, 6.07) is 23.1. The van der Waals surface area contributed by atoms with Gasteiger partial charge in [-0.05, 0) is 25.7 Å². The number of rotatable bonds is 7. The molecule has 6 rings (SSSR count). The van der Waals surface area contributed by atoms with Gasteiger partial charge in [0.25, 0.3) is 0 Å². The predicted molar refractivity (Wildman–Crippen MR) is 179 cm³/mol. The van der Waals surface area contributed by atoms with Crippen molar-refractivity contribution in [3.8, 4) is 0 Å². The molecule has 6 heteroatoms. The van der Waals surface area contributed by atoms with Crippen LogP contribution in [0.1, 0.15) is 67.2 Å². The fourth-order valence-corrected chi connectivity index (χ4v) is 9.01. The summed E-state index contributed by atoms with van der Waals surface area (Å²) in [7, 11) is 0. The Morgan fingerprint density at radius 2 is 1.60 bits per heavy atom. The van der Waals surface area contributed by atoms with Crippen molar-refractivity contribution < 1.29 is 30.0 Å². The van der Waals surface area contributed by atoms with Gasteiger partial charge in [-0.25, -0.2) is 0 Å². The molecule has 1 N–H and O–H groups in total. The number of fused-ring (bicyclic) bond motifs is 4. The van der Waals surface area contributed by atoms with E-state index < -0.39 is 0 Å². The number of aromatic nitrogens is 1. The summed E-state index contributed by atoms with van der Waals surface area (Å²) in [5.41, 5.74) is 0.500. The Morgan fingerprint density at radius 3 is 2.29 bits per heavy atom. The summed E-state index contributed by atoms with van der Waals surface area (Å²) >= 11 is 2.26. The van der Waals surface area contributed by atoms with Crippen molar-refractivity contribution in [2.75, 3.05) is 0 Å². The van der Waals surface area contributed by atoms with Crippen molar-refractivity contribution in [1.82, 2.24) is 4.98 Å². The molecule has 0 bridgehead atoms. The molecule has 3 aromatic carbocycles. The number of carbonyl (C=O) groups excluding carboxylic acids is 1. The summed E-state index contributed by atoms with van der Waals surface area (Å²) < 4.78 is 5.56. The van der Waals surface area contributed by atoms with Gasteiger partial charge in [-0.3, -0.25) is 4.79 Å². The molecule has 0 unspecified atom stereocenters. The van der Waals surface area contributed by atoms with Gasteiger partial charge in [0.1, 0.15) is 5.76 Å². The van der Waals surface area contributed by atoms with Gasteiger partial charge in [-0.1, -0.05) is 41.5 Å². The minimum absolute atomic E-state index is 0. The van der Waals surface area contributed by atoms with E-state index in [0.717, 1.165) is 36.6 Å². The Bertz CT molecular complexity index is 1910. The first-order valence-electron chi connectivity index (χ1n) is 14.6. The molecule has 0 amide bonds. The third-order valence-electron chi connectivity index (χ3n) is 9.23. The van der Waals surface area contributed by atoms with Crippen molar-refractivity contribution in [3.63, 3.8) is 0 Å². The SMILES string of the molecule is CCC(C)(CC)C(=O)/C=C(\O)C(C)(CC)CC.[Ir].[c-]1cc2ccccc2c2sc3cccc4[se]c5ccnc(c12)c5c34. The number of hydrogen-bond donors (Lipinski definition) is 1. The first-order chi connectivity index (χ1) is 19.7. The van der Waals surface area contributed by atoms with Crippen molar-refractivity contribution >= 4 is 82.0 Å². The standard InChI is InChI=1S/C21H10NSSe.C15H28O2.Ir/c1-2-5-13-12(4-1)8-9-14-20-19-17(10-11-22-20)24-16-7-3-6-15(18(16)19)23-21(13)14;1-7-14(5,8-2)12(16)11-13(17)15(6,9-3)10-4;/h1-8,10-11H;11,16H,7-10H2,1-6H3;/q-1;;/b;12-11-;. The number of aliphatic hydroxyl groups is 1. The van der Waals surface area contributed by atoms with E-state index in [9.17, 15) is 9.90 Å². The topological polar surface area (TPSA) is 50.2 Å². The number of benzene rings is 3. The van der Waals surface area contributed by atoms with Crippen LogP contribution in [-0.4, -0.2) is 30.4 Å². The first kappa shape index (κ1) is 32.6. The van der Waals surface area contributed by atoms with E-state index in [0.29, 0.717) is 14.5 Å². The van der Waals surface area contributed by atoms with E-state index in [2.05, 4.69) is 60.7 Å². The Balaban J connectivity index is 0.000000203. The number of ketones is 1. The number of pyridine rings is 1. The van der Waals surface area contributed by atoms with E-state index in [1.807, 2.05) is 59.1 Å². The van der Waals surface area contributed by atoms with Crippen LogP contribution in [0.4, 0.5) is 0 Å². The van der Waals surface area contributed by atoms with Crippen LogP contribution in [0.5, 0.6) is 0 Å². The van der Waals surface area contributed by atoms with Gasteiger partial charge >= 0.3 is 148 Å². The van der Waals surface area contributed by atoms with E-state index in [1.54, 1.807) is 0 Å². The van der Waals surface area contributed by atoms with Gasteiger partial charge in [-0.2, -0.15) is 0 Å². The zero-order chi connectivity index (χ0) is 29.4. The molecular weight excluding hydrogens is 782 g/mol. The van der Waals surface area contributed by atoms with Crippen LogP contribution in [-0.2, 0) is 24.9 Å². The average Bonchev–Trinajstić information content (AvgIpc) is 3.32. The summed E-state index contributed by atoms with van der Waals surface area (Å²) in [6.07, 6.45) is 6.72. The molecule has 42 heavy (non-hydrogen) atoms. The zero-order valence-electron chi connectivity index (χ0n) is 25.1. The van der Waals surface area contributed by atoms with Crippen LogP contribution in [0.15, 0.2) is 72.6 Å². The van der Waals surface area contributed by atoms with Crippen LogP contribution >= 0.6 is 11.3 Å². The molecule has 3 aromatic heterocycles. The molecule has 0 aliphatic heterocycles. The molecular formula is C36H38IrNO2SSe-. The molecule has 221 valence electrons. The second-order valence-corrected chi connectivity index (χ2v) is 14.7. The zero-order valence-corrected chi connectivity index (χ0v) is 30.1. The molecule has 0 atom stereocenters. The van der Waals surface area contributed by atoms with Gasteiger partial charge in [0.05, 0.1) is 0 Å². The third-order valence-corrected chi connectivity index (χ3v) is 12.8.